The summed E-state index contributed by atoms with van der Waals surface area (Å²) in [6.45, 7) is 0. The van der Waals surface area contributed by atoms with Gasteiger partial charge in [-0.15, -0.1) is 0 Å². The van der Waals surface area contributed by atoms with Crippen LogP contribution in [0, 0.1) is 0 Å². The summed E-state index contributed by atoms with van der Waals surface area (Å²) >= 11 is 3.69. The number of nitrogens with zero attached hydrogens (tertiary/aromatic N) is 2. The number of benzene rings is 5. The number of para-hydroxylation sites is 2. The smallest absolute Gasteiger partial charge is 0.0805 e. The standard InChI is InChI=1S/C32H24N2S2/c1-33-27-15-7-9-17-29(27)35-31(33)19-25-21-11-3-5-13-23(21)26(24-14-6-4-12-22(24)25)20-32-34(2)28-16-8-10-18-30(28)36-32/h3-20H,1-2H3/b31-19-,32-20-. The van der Waals surface area contributed by atoms with Crippen molar-refractivity contribution < 1.29 is 0 Å². The van der Waals surface area contributed by atoms with Gasteiger partial charge in [-0.2, -0.15) is 0 Å². The second-order valence-electron chi connectivity index (χ2n) is 9.14. The first-order valence-electron chi connectivity index (χ1n) is 12.1. The van der Waals surface area contributed by atoms with Crippen molar-refractivity contribution >= 4 is 68.6 Å². The fraction of sp³-hybridized carbons (Fsp3) is 0.0625. The average molecular weight is 501 g/mol. The number of hydrogen-bond donors (Lipinski definition) is 0. The van der Waals surface area contributed by atoms with Gasteiger partial charge in [0.1, 0.15) is 0 Å². The molecule has 0 amide bonds. The van der Waals surface area contributed by atoms with Gasteiger partial charge in [-0.3, -0.25) is 0 Å². The molecule has 2 nitrogen and oxygen atoms in total. The third-order valence-electron chi connectivity index (χ3n) is 7.09. The molecule has 0 unspecified atom stereocenters. The van der Waals surface area contributed by atoms with Crippen molar-refractivity contribution in [3.8, 4) is 0 Å². The Kier molecular flexibility index (Phi) is 5.12. The Bertz CT molecular complexity index is 1550. The van der Waals surface area contributed by atoms with Crippen molar-refractivity contribution in [2.75, 3.05) is 23.9 Å². The van der Waals surface area contributed by atoms with E-state index in [1.54, 1.807) is 0 Å². The summed E-state index contributed by atoms with van der Waals surface area (Å²) in [7, 11) is 4.33. The highest BCUT2D eigenvalue weighted by atomic mass is 32.2. The highest BCUT2D eigenvalue weighted by molar-refractivity contribution is 8.04. The van der Waals surface area contributed by atoms with E-state index >= 15 is 0 Å². The summed E-state index contributed by atoms with van der Waals surface area (Å²) < 4.78 is 0. The molecule has 5 aromatic carbocycles. The van der Waals surface area contributed by atoms with E-state index in [1.807, 2.05) is 23.5 Å². The topological polar surface area (TPSA) is 6.48 Å². The van der Waals surface area contributed by atoms with E-state index in [0.29, 0.717) is 0 Å². The summed E-state index contributed by atoms with van der Waals surface area (Å²) in [6, 6.07) is 35.0. The highest BCUT2D eigenvalue weighted by Crippen LogP contribution is 2.48. The van der Waals surface area contributed by atoms with Crippen molar-refractivity contribution in [2.24, 2.45) is 0 Å². The van der Waals surface area contributed by atoms with Crippen molar-refractivity contribution in [3.05, 3.63) is 118 Å². The second-order valence-corrected chi connectivity index (χ2v) is 11.3. The molecule has 0 atom stereocenters. The zero-order chi connectivity index (χ0) is 24.2. The lowest BCUT2D eigenvalue weighted by Crippen LogP contribution is -2.09. The molecule has 36 heavy (non-hydrogen) atoms. The molecule has 5 aromatic rings. The predicted octanol–water partition coefficient (Wildman–Crippen LogP) is 9.07. The Labute approximate surface area is 219 Å². The van der Waals surface area contributed by atoms with Crippen LogP contribution < -0.4 is 9.80 Å². The summed E-state index contributed by atoms with van der Waals surface area (Å²) in [5.41, 5.74) is 5.09. The lowest BCUT2D eigenvalue weighted by molar-refractivity contribution is 1.18. The van der Waals surface area contributed by atoms with Crippen LogP contribution in [0.25, 0.3) is 33.7 Å². The first-order chi connectivity index (χ1) is 17.7. The fourth-order valence-corrected chi connectivity index (χ4v) is 7.43. The molecular formula is C32H24N2S2. The molecule has 2 aliphatic heterocycles. The molecule has 2 heterocycles. The summed E-state index contributed by atoms with van der Waals surface area (Å²) in [5.74, 6) is 0. The lowest BCUT2D eigenvalue weighted by atomic mass is 9.91. The maximum Gasteiger partial charge on any atom is 0.0805 e. The van der Waals surface area contributed by atoms with Gasteiger partial charge in [0, 0.05) is 23.9 Å². The van der Waals surface area contributed by atoms with Gasteiger partial charge in [-0.25, -0.2) is 0 Å². The van der Waals surface area contributed by atoms with Crippen LogP contribution in [0.1, 0.15) is 11.1 Å². The molecule has 4 heteroatoms. The minimum Gasteiger partial charge on any atom is -0.338 e. The number of rotatable bonds is 2. The van der Waals surface area contributed by atoms with E-state index in [2.05, 4.69) is 133 Å². The van der Waals surface area contributed by atoms with Crippen LogP contribution in [0.2, 0.25) is 0 Å². The Morgan fingerprint density at radius 3 is 1.17 bits per heavy atom. The molecular weight excluding hydrogens is 477 g/mol. The van der Waals surface area contributed by atoms with Crippen LogP contribution in [0.5, 0.6) is 0 Å². The van der Waals surface area contributed by atoms with Crippen LogP contribution in [0.3, 0.4) is 0 Å². The molecule has 0 aromatic heterocycles. The Hall–Kier alpha value is -3.60. The first-order valence-corrected chi connectivity index (χ1v) is 13.7. The van der Waals surface area contributed by atoms with E-state index in [9.17, 15) is 0 Å². The summed E-state index contributed by atoms with van der Waals surface area (Å²) in [4.78, 5) is 7.23. The Balaban J connectivity index is 1.45. The largest absolute Gasteiger partial charge is 0.338 e. The third kappa shape index (κ3) is 3.36. The minimum atomic E-state index is 1.25. The summed E-state index contributed by atoms with van der Waals surface area (Å²) in [5, 5.41) is 7.62. The van der Waals surface area contributed by atoms with Crippen LogP contribution in [0.4, 0.5) is 11.4 Å². The van der Waals surface area contributed by atoms with Gasteiger partial charge < -0.3 is 9.80 Å². The van der Waals surface area contributed by atoms with Crippen LogP contribution in [0.15, 0.2) is 117 Å². The Morgan fingerprint density at radius 2 is 0.806 bits per heavy atom. The van der Waals surface area contributed by atoms with Crippen LogP contribution in [-0.4, -0.2) is 14.1 Å². The molecule has 7 rings (SSSR count). The highest BCUT2D eigenvalue weighted by Gasteiger charge is 2.24. The van der Waals surface area contributed by atoms with Gasteiger partial charge in [-0.1, -0.05) is 96.3 Å². The second kappa shape index (κ2) is 8.51. The zero-order valence-corrected chi connectivity index (χ0v) is 21.7. The summed E-state index contributed by atoms with van der Waals surface area (Å²) in [6.07, 6.45) is 4.75. The maximum absolute atomic E-state index is 2.37. The number of thioether (sulfide) groups is 2. The van der Waals surface area contributed by atoms with Crippen LogP contribution in [-0.2, 0) is 0 Å². The normalized spacial score (nSPS) is 16.9. The van der Waals surface area contributed by atoms with E-state index in [1.165, 1.54) is 63.9 Å². The molecule has 2 aliphatic rings. The van der Waals surface area contributed by atoms with E-state index in [0.717, 1.165) is 0 Å². The number of fused-ring (bicyclic) bond motifs is 4. The van der Waals surface area contributed by atoms with Gasteiger partial charge >= 0.3 is 0 Å². The molecule has 0 saturated heterocycles. The number of anilines is 2. The maximum atomic E-state index is 2.37. The SMILES string of the molecule is CN1/C(=C/c2c3ccccc3c(/C=C3\Sc4ccccc4N3C)c3ccccc23)Sc2ccccc21. The van der Waals surface area contributed by atoms with E-state index in [4.69, 9.17) is 0 Å². The third-order valence-corrected chi connectivity index (χ3v) is 9.43. The molecule has 0 spiro atoms. The van der Waals surface area contributed by atoms with Gasteiger partial charge in [-0.05, 0) is 69.1 Å². The van der Waals surface area contributed by atoms with Gasteiger partial charge in [0.25, 0.3) is 0 Å². The molecule has 0 saturated carbocycles. The molecule has 0 bridgehead atoms. The minimum absolute atomic E-state index is 1.25. The fourth-order valence-electron chi connectivity index (χ4n) is 5.25. The van der Waals surface area contributed by atoms with E-state index in [-0.39, 0.29) is 0 Å². The predicted molar refractivity (Wildman–Crippen MR) is 159 cm³/mol. The van der Waals surface area contributed by atoms with Gasteiger partial charge in [0.15, 0.2) is 0 Å². The van der Waals surface area contributed by atoms with Crippen molar-refractivity contribution in [1.29, 1.82) is 0 Å². The molecule has 0 aliphatic carbocycles. The van der Waals surface area contributed by atoms with Gasteiger partial charge in [0.2, 0.25) is 0 Å². The average Bonchev–Trinajstić information content (AvgIpc) is 3.41. The lowest BCUT2D eigenvalue weighted by Gasteiger charge is -2.18. The van der Waals surface area contributed by atoms with Crippen molar-refractivity contribution in [1.82, 2.24) is 0 Å². The molecule has 0 radical (unpaired) electrons. The molecule has 0 fully saturated rings. The quantitative estimate of drug-likeness (QED) is 0.223. The molecule has 174 valence electrons. The number of hydrogen-bond acceptors (Lipinski definition) is 4. The van der Waals surface area contributed by atoms with Gasteiger partial charge in [0.05, 0.1) is 21.4 Å². The Morgan fingerprint density at radius 1 is 0.472 bits per heavy atom. The molecule has 0 N–H and O–H groups in total. The zero-order valence-electron chi connectivity index (χ0n) is 20.1. The monoisotopic (exact) mass is 500 g/mol. The van der Waals surface area contributed by atoms with E-state index < -0.39 is 0 Å². The van der Waals surface area contributed by atoms with Crippen LogP contribution >= 0.6 is 23.5 Å². The van der Waals surface area contributed by atoms with Crippen molar-refractivity contribution in [2.45, 2.75) is 9.79 Å². The first kappa shape index (κ1) is 21.7. The van der Waals surface area contributed by atoms with Crippen molar-refractivity contribution in [3.63, 3.8) is 0 Å².